The molecular formula is C25H25ClN3O6P. The maximum Gasteiger partial charge on any atom is 0.407 e. The number of ether oxygens (including phenoxy) is 1. The highest BCUT2D eigenvalue weighted by Gasteiger charge is 2.37. The molecule has 2 amide bonds. The van der Waals surface area contributed by atoms with Gasteiger partial charge >= 0.3 is 12.1 Å². The van der Waals surface area contributed by atoms with Crippen molar-refractivity contribution in [1.82, 2.24) is 15.7 Å². The van der Waals surface area contributed by atoms with Crippen LogP contribution in [0.1, 0.15) is 16.9 Å². The number of hydrogen-bond acceptors (Lipinski definition) is 5. The summed E-state index contributed by atoms with van der Waals surface area (Å²) < 4.78 is 19.4. The Morgan fingerprint density at radius 2 is 1.50 bits per heavy atom. The van der Waals surface area contributed by atoms with Crippen molar-refractivity contribution in [2.45, 2.75) is 12.4 Å². The van der Waals surface area contributed by atoms with Gasteiger partial charge in [-0.05, 0) is 23.3 Å². The van der Waals surface area contributed by atoms with E-state index in [1.807, 2.05) is 18.2 Å². The summed E-state index contributed by atoms with van der Waals surface area (Å²) in [7, 11) is -3.78. The molecule has 188 valence electrons. The van der Waals surface area contributed by atoms with Gasteiger partial charge in [-0.25, -0.2) is 4.79 Å². The lowest BCUT2D eigenvalue weighted by Crippen LogP contribution is -2.41. The number of rotatable bonds is 11. The summed E-state index contributed by atoms with van der Waals surface area (Å²) in [6, 6.07) is 23.6. The Bertz CT molecular complexity index is 1230. The van der Waals surface area contributed by atoms with E-state index in [0.29, 0.717) is 15.9 Å². The molecule has 0 bridgehead atoms. The fraction of sp³-hybridized carbons (Fsp3) is 0.160. The molecule has 0 heterocycles. The molecule has 0 radical (unpaired) electrons. The lowest BCUT2D eigenvalue weighted by Gasteiger charge is -2.30. The zero-order valence-corrected chi connectivity index (χ0v) is 20.7. The van der Waals surface area contributed by atoms with Crippen molar-refractivity contribution in [3.05, 3.63) is 101 Å². The van der Waals surface area contributed by atoms with Gasteiger partial charge < -0.3 is 20.5 Å². The highest BCUT2D eigenvalue weighted by molar-refractivity contribution is 7.70. The molecule has 4 N–H and O–H groups in total. The number of nitrogens with one attached hydrogen (secondary N) is 3. The van der Waals surface area contributed by atoms with Crippen molar-refractivity contribution in [1.29, 1.82) is 0 Å². The largest absolute Gasteiger partial charge is 0.480 e. The van der Waals surface area contributed by atoms with Crippen molar-refractivity contribution in [3.63, 3.8) is 0 Å². The van der Waals surface area contributed by atoms with Crippen LogP contribution in [0.2, 0.25) is 5.02 Å². The van der Waals surface area contributed by atoms with Crippen LogP contribution in [-0.2, 0) is 25.5 Å². The highest BCUT2D eigenvalue weighted by atomic mass is 35.5. The number of aliphatic carboxylic acids is 1. The first-order chi connectivity index (χ1) is 17.3. The fourth-order valence-corrected chi connectivity index (χ4v) is 6.02. The first kappa shape index (κ1) is 26.9. The molecular weight excluding hydrogens is 505 g/mol. The maximum absolute atomic E-state index is 14.3. The molecule has 0 saturated heterocycles. The zero-order valence-electron chi connectivity index (χ0n) is 19.1. The summed E-state index contributed by atoms with van der Waals surface area (Å²) in [4.78, 5) is 36.2. The monoisotopic (exact) mass is 529 g/mol. The number of carboxylic acid groups (broad SMARTS) is 1. The molecule has 0 fully saturated rings. The summed E-state index contributed by atoms with van der Waals surface area (Å²) in [5.74, 6) is -3.01. The van der Waals surface area contributed by atoms with E-state index in [9.17, 15) is 24.1 Å². The van der Waals surface area contributed by atoms with Crippen molar-refractivity contribution in [2.24, 2.45) is 0 Å². The first-order valence-corrected chi connectivity index (χ1v) is 13.0. The second kappa shape index (κ2) is 12.9. The van der Waals surface area contributed by atoms with E-state index in [0.717, 1.165) is 5.56 Å². The predicted octanol–water partition coefficient (Wildman–Crippen LogP) is 3.66. The second-order valence-electron chi connectivity index (χ2n) is 7.66. The van der Waals surface area contributed by atoms with Gasteiger partial charge in [-0.2, -0.15) is 0 Å². The minimum atomic E-state index is -3.78. The standard InChI is InChI=1S/C25H25ClN3O6P/c26-20-13-11-19(12-14-20)24(36(34,28-16-23(31)32)21-9-5-2-6-10-21)29-22(30)15-27-25(33)35-17-18-7-3-1-4-8-18/h1-14,24H,15-17H2,(H,27,33)(H,28,34)(H,29,30)(H,31,32). The highest BCUT2D eigenvalue weighted by Crippen LogP contribution is 2.53. The molecule has 11 heteroatoms. The van der Waals surface area contributed by atoms with Crippen LogP contribution >= 0.6 is 18.9 Å². The van der Waals surface area contributed by atoms with Gasteiger partial charge in [-0.15, -0.1) is 0 Å². The number of amides is 2. The van der Waals surface area contributed by atoms with Crippen LogP contribution in [0.4, 0.5) is 4.79 Å². The van der Waals surface area contributed by atoms with E-state index < -0.39 is 44.1 Å². The van der Waals surface area contributed by atoms with E-state index in [-0.39, 0.29) is 6.61 Å². The molecule has 0 aliphatic carbocycles. The van der Waals surface area contributed by atoms with Gasteiger partial charge in [0.15, 0.2) is 0 Å². The molecule has 9 nitrogen and oxygen atoms in total. The van der Waals surface area contributed by atoms with Crippen LogP contribution < -0.4 is 21.0 Å². The Balaban J connectivity index is 1.78. The summed E-state index contributed by atoms with van der Waals surface area (Å²) in [5.41, 5.74) is 1.22. The van der Waals surface area contributed by atoms with Gasteiger partial charge in [0.1, 0.15) is 25.5 Å². The maximum atomic E-state index is 14.3. The van der Waals surface area contributed by atoms with Crippen LogP contribution in [0.15, 0.2) is 84.9 Å². The first-order valence-electron chi connectivity index (χ1n) is 10.9. The van der Waals surface area contributed by atoms with Crippen LogP contribution in [0, 0.1) is 0 Å². The molecule has 3 aromatic rings. The molecule has 0 aliphatic rings. The van der Waals surface area contributed by atoms with Crippen molar-refractivity contribution >= 4 is 42.2 Å². The number of carbonyl (C=O) groups excluding carboxylic acids is 2. The third kappa shape index (κ3) is 7.68. The van der Waals surface area contributed by atoms with Gasteiger partial charge in [-0.3, -0.25) is 19.2 Å². The summed E-state index contributed by atoms with van der Waals surface area (Å²) in [6.07, 6.45) is -0.799. The topological polar surface area (TPSA) is 134 Å². The van der Waals surface area contributed by atoms with Crippen molar-refractivity contribution in [2.75, 3.05) is 13.1 Å². The van der Waals surface area contributed by atoms with E-state index in [2.05, 4.69) is 15.7 Å². The molecule has 0 aliphatic heterocycles. The average Bonchev–Trinajstić information content (AvgIpc) is 2.89. The molecule has 3 aromatic carbocycles. The fourth-order valence-electron chi connectivity index (χ4n) is 3.33. The van der Waals surface area contributed by atoms with Crippen LogP contribution in [-0.4, -0.2) is 36.2 Å². The lowest BCUT2D eigenvalue weighted by atomic mass is 10.2. The van der Waals surface area contributed by atoms with Gasteiger partial charge in [-0.1, -0.05) is 84.4 Å². The van der Waals surface area contributed by atoms with E-state index in [4.69, 9.17) is 16.3 Å². The number of benzene rings is 3. The third-order valence-electron chi connectivity index (χ3n) is 5.06. The summed E-state index contributed by atoms with van der Waals surface area (Å²) >= 11 is 6.00. The van der Waals surface area contributed by atoms with E-state index in [1.165, 1.54) is 0 Å². The molecule has 0 aromatic heterocycles. The molecule has 0 spiro atoms. The molecule has 2 atom stereocenters. The van der Waals surface area contributed by atoms with Crippen molar-refractivity contribution < 1.29 is 28.8 Å². The smallest absolute Gasteiger partial charge is 0.407 e. The SMILES string of the molecule is O=C(O)CNP(=O)(c1ccccc1)C(NC(=O)CNC(=O)OCc1ccccc1)c1ccc(Cl)cc1. The normalized spacial score (nSPS) is 13.1. The minimum absolute atomic E-state index is 0.0318. The average molecular weight is 530 g/mol. The third-order valence-corrected chi connectivity index (χ3v) is 8.16. The molecule has 0 saturated carbocycles. The van der Waals surface area contributed by atoms with Gasteiger partial charge in [0, 0.05) is 10.3 Å². The number of alkyl carbamates (subject to hydrolysis) is 1. The lowest BCUT2D eigenvalue weighted by molar-refractivity contribution is -0.135. The Morgan fingerprint density at radius 1 is 0.889 bits per heavy atom. The van der Waals surface area contributed by atoms with Gasteiger partial charge in [0.2, 0.25) is 13.2 Å². The minimum Gasteiger partial charge on any atom is -0.480 e. The quantitative estimate of drug-likeness (QED) is 0.278. The molecule has 2 unspecified atom stereocenters. The Morgan fingerprint density at radius 3 is 2.11 bits per heavy atom. The Kier molecular flexibility index (Phi) is 9.64. The number of hydrogen-bond donors (Lipinski definition) is 4. The molecule has 36 heavy (non-hydrogen) atoms. The second-order valence-corrected chi connectivity index (χ2v) is 10.8. The van der Waals surface area contributed by atoms with Crippen LogP contribution in [0.25, 0.3) is 0 Å². The summed E-state index contributed by atoms with van der Waals surface area (Å²) in [6.45, 7) is -1.02. The number of carboxylic acids is 1. The number of carbonyl (C=O) groups is 3. The van der Waals surface area contributed by atoms with Crippen LogP contribution in [0.3, 0.4) is 0 Å². The Hall–Kier alpha value is -3.65. The van der Waals surface area contributed by atoms with E-state index >= 15 is 0 Å². The van der Waals surface area contributed by atoms with E-state index in [1.54, 1.807) is 66.7 Å². The molecule has 3 rings (SSSR count). The number of halogens is 1. The van der Waals surface area contributed by atoms with Crippen LogP contribution in [0.5, 0.6) is 0 Å². The predicted molar refractivity (Wildman–Crippen MR) is 136 cm³/mol. The Labute approximate surface area is 213 Å². The van der Waals surface area contributed by atoms with Crippen molar-refractivity contribution in [3.8, 4) is 0 Å². The van der Waals surface area contributed by atoms with Gasteiger partial charge in [0.25, 0.3) is 0 Å². The summed E-state index contributed by atoms with van der Waals surface area (Å²) in [5, 5.41) is 17.6. The zero-order chi connectivity index (χ0) is 26.0. The van der Waals surface area contributed by atoms with Gasteiger partial charge in [0.05, 0.1) is 0 Å².